The topological polar surface area (TPSA) is 50.8 Å². The predicted octanol–water partition coefficient (Wildman–Crippen LogP) is 3.47. The van der Waals surface area contributed by atoms with Crippen LogP contribution in [0.5, 0.6) is 5.75 Å². The fourth-order valence-corrected chi connectivity index (χ4v) is 3.06. The summed E-state index contributed by atoms with van der Waals surface area (Å²) in [4.78, 5) is 14.5. The van der Waals surface area contributed by atoms with Gasteiger partial charge in [0.15, 0.2) is 6.61 Å². The summed E-state index contributed by atoms with van der Waals surface area (Å²) < 4.78 is 11.1. The Morgan fingerprint density at radius 2 is 1.69 bits per heavy atom. The minimum Gasteiger partial charge on any atom is -0.483 e. The number of anilines is 2. The lowest BCUT2D eigenvalue weighted by atomic mass is 10.1. The number of rotatable bonds is 5. The van der Waals surface area contributed by atoms with E-state index in [1.54, 1.807) is 0 Å². The molecule has 0 atom stereocenters. The molecule has 0 radical (unpaired) electrons. The largest absolute Gasteiger partial charge is 0.483 e. The molecule has 0 unspecified atom stereocenters. The number of aryl methyl sites for hydroxylation is 2. The zero-order valence-electron chi connectivity index (χ0n) is 15.7. The van der Waals surface area contributed by atoms with Crippen molar-refractivity contribution < 1.29 is 14.3 Å². The van der Waals surface area contributed by atoms with Crippen LogP contribution in [0, 0.1) is 20.8 Å². The minimum atomic E-state index is -0.163. The molecule has 0 aliphatic carbocycles. The number of benzene rings is 2. The number of nitrogens with zero attached hydrogens (tertiary/aromatic N) is 1. The normalized spacial score (nSPS) is 14.2. The van der Waals surface area contributed by atoms with Crippen molar-refractivity contribution in [2.24, 2.45) is 0 Å². The van der Waals surface area contributed by atoms with Gasteiger partial charge in [-0.2, -0.15) is 0 Å². The van der Waals surface area contributed by atoms with Crippen LogP contribution in [0.1, 0.15) is 16.7 Å². The van der Waals surface area contributed by atoms with Crippen LogP contribution in [-0.4, -0.2) is 38.8 Å². The van der Waals surface area contributed by atoms with Gasteiger partial charge in [0.1, 0.15) is 5.75 Å². The van der Waals surface area contributed by atoms with Crippen molar-refractivity contribution in [3.8, 4) is 5.75 Å². The van der Waals surface area contributed by atoms with Gasteiger partial charge in [-0.25, -0.2) is 0 Å². The first-order valence-electron chi connectivity index (χ1n) is 8.97. The number of hydrogen-bond donors (Lipinski definition) is 1. The number of carbonyl (C=O) groups is 1. The molecule has 1 heterocycles. The molecule has 5 heteroatoms. The van der Waals surface area contributed by atoms with E-state index in [-0.39, 0.29) is 12.5 Å². The van der Waals surface area contributed by atoms with Gasteiger partial charge in [-0.3, -0.25) is 4.79 Å². The molecule has 0 aromatic heterocycles. The number of amides is 1. The third kappa shape index (κ3) is 4.35. The molecule has 1 amide bonds. The van der Waals surface area contributed by atoms with Crippen LogP contribution < -0.4 is 15.0 Å². The summed E-state index contributed by atoms with van der Waals surface area (Å²) in [6, 6.07) is 12.0. The summed E-state index contributed by atoms with van der Waals surface area (Å²) >= 11 is 0. The average molecular weight is 354 g/mol. The van der Waals surface area contributed by atoms with E-state index in [2.05, 4.69) is 16.3 Å². The van der Waals surface area contributed by atoms with Gasteiger partial charge in [0.2, 0.25) is 0 Å². The van der Waals surface area contributed by atoms with Gasteiger partial charge in [-0.1, -0.05) is 12.1 Å². The maximum Gasteiger partial charge on any atom is 0.262 e. The van der Waals surface area contributed by atoms with E-state index in [0.717, 1.165) is 60.1 Å². The maximum absolute atomic E-state index is 12.2. The van der Waals surface area contributed by atoms with E-state index in [1.807, 2.05) is 51.1 Å². The Balaban J connectivity index is 1.56. The number of hydrogen-bond acceptors (Lipinski definition) is 4. The first-order valence-corrected chi connectivity index (χ1v) is 8.97. The van der Waals surface area contributed by atoms with Gasteiger partial charge < -0.3 is 19.7 Å². The van der Waals surface area contributed by atoms with Gasteiger partial charge in [0.25, 0.3) is 5.91 Å². The molecule has 2 aromatic rings. The monoisotopic (exact) mass is 354 g/mol. The van der Waals surface area contributed by atoms with E-state index in [9.17, 15) is 4.79 Å². The number of carbonyl (C=O) groups excluding carboxylic acids is 1. The van der Waals surface area contributed by atoms with Crippen molar-refractivity contribution in [2.75, 3.05) is 43.1 Å². The van der Waals surface area contributed by atoms with Gasteiger partial charge in [0.05, 0.1) is 13.2 Å². The molecule has 1 saturated heterocycles. The Bertz CT molecular complexity index is 766. The number of morpholine rings is 1. The summed E-state index contributed by atoms with van der Waals surface area (Å²) in [6.45, 7) is 9.35. The summed E-state index contributed by atoms with van der Waals surface area (Å²) in [5.41, 5.74) is 5.19. The smallest absolute Gasteiger partial charge is 0.262 e. The Labute approximate surface area is 154 Å². The fraction of sp³-hybridized carbons (Fsp3) is 0.381. The highest BCUT2D eigenvalue weighted by Gasteiger charge is 2.12. The lowest BCUT2D eigenvalue weighted by molar-refractivity contribution is -0.118. The first kappa shape index (κ1) is 18.3. The summed E-state index contributed by atoms with van der Waals surface area (Å²) in [5, 5.41) is 2.89. The molecule has 2 aromatic carbocycles. The summed E-state index contributed by atoms with van der Waals surface area (Å²) in [5.74, 6) is 0.632. The molecule has 0 spiro atoms. The number of ether oxygens (including phenoxy) is 2. The van der Waals surface area contributed by atoms with Gasteiger partial charge in [-0.15, -0.1) is 0 Å². The van der Waals surface area contributed by atoms with Crippen molar-refractivity contribution in [3.05, 3.63) is 53.1 Å². The molecule has 3 rings (SSSR count). The van der Waals surface area contributed by atoms with E-state index >= 15 is 0 Å². The van der Waals surface area contributed by atoms with E-state index < -0.39 is 0 Å². The zero-order valence-corrected chi connectivity index (χ0v) is 15.7. The Kier molecular flexibility index (Phi) is 5.78. The lowest BCUT2D eigenvalue weighted by Gasteiger charge is -2.28. The van der Waals surface area contributed by atoms with E-state index in [1.165, 1.54) is 0 Å². The molecule has 0 bridgehead atoms. The molecule has 1 aliphatic heterocycles. The second-order valence-corrected chi connectivity index (χ2v) is 6.64. The molecule has 5 nitrogen and oxygen atoms in total. The standard InChI is InChI=1S/C21H26N2O3/c1-15-4-5-16(2)21(17(15)3)26-14-20(24)22-18-6-8-19(9-7-18)23-10-12-25-13-11-23/h4-9H,10-14H2,1-3H3,(H,22,24). The quantitative estimate of drug-likeness (QED) is 0.893. The van der Waals surface area contributed by atoms with Crippen molar-refractivity contribution in [2.45, 2.75) is 20.8 Å². The second-order valence-electron chi connectivity index (χ2n) is 6.64. The molecule has 138 valence electrons. The molecule has 1 N–H and O–H groups in total. The van der Waals surface area contributed by atoms with Gasteiger partial charge in [-0.05, 0) is 61.7 Å². The Morgan fingerprint density at radius 3 is 2.38 bits per heavy atom. The highest BCUT2D eigenvalue weighted by Crippen LogP contribution is 2.25. The van der Waals surface area contributed by atoms with Crippen LogP contribution in [0.25, 0.3) is 0 Å². The Hall–Kier alpha value is -2.53. The Morgan fingerprint density at radius 1 is 1.04 bits per heavy atom. The molecule has 0 saturated carbocycles. The maximum atomic E-state index is 12.2. The third-order valence-electron chi connectivity index (χ3n) is 4.75. The minimum absolute atomic E-state index is 0.00362. The van der Waals surface area contributed by atoms with Crippen molar-refractivity contribution in [1.82, 2.24) is 0 Å². The highest BCUT2D eigenvalue weighted by atomic mass is 16.5. The predicted molar refractivity (Wildman–Crippen MR) is 104 cm³/mol. The third-order valence-corrected chi connectivity index (χ3v) is 4.75. The lowest BCUT2D eigenvalue weighted by Crippen LogP contribution is -2.36. The first-order chi connectivity index (χ1) is 12.5. The summed E-state index contributed by atoms with van der Waals surface area (Å²) in [6.07, 6.45) is 0. The van der Waals surface area contributed by atoms with Crippen LogP contribution in [0.2, 0.25) is 0 Å². The van der Waals surface area contributed by atoms with Crippen LogP contribution >= 0.6 is 0 Å². The molecule has 1 aliphatic rings. The SMILES string of the molecule is Cc1ccc(C)c(OCC(=O)Nc2ccc(N3CCOCC3)cc2)c1C. The zero-order chi connectivity index (χ0) is 18.5. The van der Waals surface area contributed by atoms with Crippen molar-refractivity contribution >= 4 is 17.3 Å². The van der Waals surface area contributed by atoms with Crippen LogP contribution in [-0.2, 0) is 9.53 Å². The average Bonchev–Trinajstić information content (AvgIpc) is 2.66. The van der Waals surface area contributed by atoms with Crippen molar-refractivity contribution in [3.63, 3.8) is 0 Å². The van der Waals surface area contributed by atoms with Crippen molar-refractivity contribution in [1.29, 1.82) is 0 Å². The van der Waals surface area contributed by atoms with Gasteiger partial charge in [0, 0.05) is 24.5 Å². The molecular weight excluding hydrogens is 328 g/mol. The van der Waals surface area contributed by atoms with Crippen LogP contribution in [0.4, 0.5) is 11.4 Å². The second kappa shape index (κ2) is 8.23. The van der Waals surface area contributed by atoms with E-state index in [0.29, 0.717) is 0 Å². The fourth-order valence-electron chi connectivity index (χ4n) is 3.06. The van der Waals surface area contributed by atoms with Crippen LogP contribution in [0.15, 0.2) is 36.4 Å². The molecule has 1 fully saturated rings. The summed E-state index contributed by atoms with van der Waals surface area (Å²) in [7, 11) is 0. The highest BCUT2D eigenvalue weighted by molar-refractivity contribution is 5.92. The van der Waals surface area contributed by atoms with Gasteiger partial charge >= 0.3 is 0 Å². The molecular formula is C21H26N2O3. The number of nitrogens with one attached hydrogen (secondary N) is 1. The van der Waals surface area contributed by atoms with Crippen LogP contribution in [0.3, 0.4) is 0 Å². The van der Waals surface area contributed by atoms with E-state index in [4.69, 9.17) is 9.47 Å². The molecule has 26 heavy (non-hydrogen) atoms.